The van der Waals surface area contributed by atoms with Gasteiger partial charge in [-0.1, -0.05) is 6.07 Å². The fourth-order valence-electron chi connectivity index (χ4n) is 0.899. The number of carbonyl (C=O) groups is 1. The van der Waals surface area contributed by atoms with Crippen LogP contribution in [0, 0.1) is 3.57 Å². The maximum atomic E-state index is 10.2. The number of rotatable bonds is 4. The number of benzene rings is 1. The molecular weight excluding hydrogens is 299 g/mol. The van der Waals surface area contributed by atoms with Crippen LogP contribution in [0.25, 0.3) is 0 Å². The van der Waals surface area contributed by atoms with Gasteiger partial charge in [-0.05, 0) is 40.3 Å². The largest absolute Gasteiger partial charge is 0.481 e. The molecule has 0 aliphatic heterocycles. The highest BCUT2D eigenvalue weighted by molar-refractivity contribution is 14.1. The highest BCUT2D eigenvalue weighted by Gasteiger charge is 2.04. The molecular formula is C9H9IO4. The fraction of sp³-hybridized carbons (Fsp3) is 0.222. The number of aliphatic hydroxyl groups excluding tert-OH is 1. The van der Waals surface area contributed by atoms with Crippen molar-refractivity contribution < 1.29 is 19.7 Å². The third kappa shape index (κ3) is 3.15. The summed E-state index contributed by atoms with van der Waals surface area (Å²) in [6, 6.07) is 5.09. The van der Waals surface area contributed by atoms with Crippen LogP contribution in [0.15, 0.2) is 18.2 Å². The van der Waals surface area contributed by atoms with E-state index in [1.54, 1.807) is 18.2 Å². The molecule has 5 heteroatoms. The summed E-state index contributed by atoms with van der Waals surface area (Å²) in [5, 5.41) is 17.2. The average Bonchev–Trinajstić information content (AvgIpc) is 2.15. The number of hydrogen-bond acceptors (Lipinski definition) is 3. The zero-order valence-corrected chi connectivity index (χ0v) is 9.39. The van der Waals surface area contributed by atoms with Crippen LogP contribution in [-0.4, -0.2) is 22.8 Å². The first-order valence-corrected chi connectivity index (χ1v) is 4.95. The quantitative estimate of drug-likeness (QED) is 0.822. The first-order chi connectivity index (χ1) is 6.63. The Kier molecular flexibility index (Phi) is 4.15. The SMILES string of the molecule is O=C(O)COc1ccc(CO)cc1I. The van der Waals surface area contributed by atoms with Gasteiger partial charge in [0, 0.05) is 0 Å². The van der Waals surface area contributed by atoms with E-state index in [1.807, 2.05) is 22.6 Å². The Morgan fingerprint density at radius 1 is 1.50 bits per heavy atom. The minimum atomic E-state index is -1.01. The lowest BCUT2D eigenvalue weighted by Gasteiger charge is -2.06. The van der Waals surface area contributed by atoms with Crippen LogP contribution in [0.2, 0.25) is 0 Å². The van der Waals surface area contributed by atoms with Gasteiger partial charge in [0.1, 0.15) is 5.75 Å². The molecule has 0 aliphatic rings. The number of carboxylic acids is 1. The molecule has 0 fully saturated rings. The van der Waals surface area contributed by atoms with Crippen molar-refractivity contribution in [1.29, 1.82) is 0 Å². The summed E-state index contributed by atoms with van der Waals surface area (Å²) in [5.74, 6) is -0.489. The Balaban J connectivity index is 2.73. The summed E-state index contributed by atoms with van der Waals surface area (Å²) >= 11 is 2.03. The molecule has 1 aromatic carbocycles. The predicted molar refractivity (Wildman–Crippen MR) is 58.2 cm³/mol. The molecule has 2 N–H and O–H groups in total. The molecule has 0 heterocycles. The molecule has 1 aromatic rings. The van der Waals surface area contributed by atoms with E-state index in [2.05, 4.69) is 0 Å². The number of aliphatic carboxylic acids is 1. The maximum Gasteiger partial charge on any atom is 0.341 e. The van der Waals surface area contributed by atoms with Crippen molar-refractivity contribution in [2.75, 3.05) is 6.61 Å². The molecule has 0 bridgehead atoms. The highest BCUT2D eigenvalue weighted by atomic mass is 127. The van der Waals surface area contributed by atoms with Crippen molar-refractivity contribution in [2.45, 2.75) is 6.61 Å². The van der Waals surface area contributed by atoms with Gasteiger partial charge in [0.05, 0.1) is 10.2 Å². The van der Waals surface area contributed by atoms with Crippen molar-refractivity contribution in [1.82, 2.24) is 0 Å². The van der Waals surface area contributed by atoms with Crippen molar-refractivity contribution in [3.05, 3.63) is 27.3 Å². The van der Waals surface area contributed by atoms with E-state index in [4.69, 9.17) is 14.9 Å². The lowest BCUT2D eigenvalue weighted by Crippen LogP contribution is -2.10. The van der Waals surface area contributed by atoms with Gasteiger partial charge in [-0.2, -0.15) is 0 Å². The van der Waals surface area contributed by atoms with E-state index in [0.29, 0.717) is 5.75 Å². The van der Waals surface area contributed by atoms with Gasteiger partial charge in [0.25, 0.3) is 0 Å². The Bertz CT molecular complexity index is 338. The molecule has 0 amide bonds. The third-order valence-corrected chi connectivity index (χ3v) is 2.37. The summed E-state index contributed by atoms with van der Waals surface area (Å²) in [6.07, 6.45) is 0. The molecule has 0 aromatic heterocycles. The molecule has 0 unspecified atom stereocenters. The Morgan fingerprint density at radius 3 is 2.71 bits per heavy atom. The van der Waals surface area contributed by atoms with Gasteiger partial charge in [0.15, 0.2) is 6.61 Å². The number of hydrogen-bond donors (Lipinski definition) is 2. The summed E-state index contributed by atoms with van der Waals surface area (Å²) in [6.45, 7) is -0.385. The molecule has 0 saturated heterocycles. The van der Waals surface area contributed by atoms with Crippen LogP contribution in [-0.2, 0) is 11.4 Å². The summed E-state index contributed by atoms with van der Waals surface area (Å²) in [4.78, 5) is 10.2. The molecule has 0 spiro atoms. The van der Waals surface area contributed by atoms with Crippen LogP contribution in [0.4, 0.5) is 0 Å². The Morgan fingerprint density at radius 2 is 2.21 bits per heavy atom. The average molecular weight is 308 g/mol. The van der Waals surface area contributed by atoms with Gasteiger partial charge < -0.3 is 14.9 Å². The lowest BCUT2D eigenvalue weighted by atomic mass is 10.2. The molecule has 0 saturated carbocycles. The molecule has 1 rings (SSSR count). The minimum absolute atomic E-state index is 0.0325. The van der Waals surface area contributed by atoms with Crippen molar-refractivity contribution >= 4 is 28.6 Å². The standard InChI is InChI=1S/C9H9IO4/c10-7-3-6(4-11)1-2-8(7)14-5-9(12)13/h1-3,11H,4-5H2,(H,12,13). The van der Waals surface area contributed by atoms with Crippen LogP contribution >= 0.6 is 22.6 Å². The number of halogens is 1. The van der Waals surface area contributed by atoms with Gasteiger partial charge >= 0.3 is 5.97 Å². The van der Waals surface area contributed by atoms with Crippen molar-refractivity contribution in [2.24, 2.45) is 0 Å². The monoisotopic (exact) mass is 308 g/mol. The van der Waals surface area contributed by atoms with Crippen molar-refractivity contribution in [3.63, 3.8) is 0 Å². The first kappa shape index (κ1) is 11.3. The predicted octanol–water partition coefficient (Wildman–Crippen LogP) is 1.25. The number of carboxylic acid groups (broad SMARTS) is 1. The second kappa shape index (κ2) is 5.16. The van der Waals surface area contributed by atoms with E-state index in [1.165, 1.54) is 0 Å². The molecule has 76 valence electrons. The topological polar surface area (TPSA) is 66.8 Å². The van der Waals surface area contributed by atoms with Crippen LogP contribution < -0.4 is 4.74 Å². The number of aliphatic hydroxyl groups is 1. The first-order valence-electron chi connectivity index (χ1n) is 3.87. The zero-order valence-electron chi connectivity index (χ0n) is 7.24. The highest BCUT2D eigenvalue weighted by Crippen LogP contribution is 2.21. The van der Waals surface area contributed by atoms with Gasteiger partial charge in [0.2, 0.25) is 0 Å². The second-order valence-corrected chi connectivity index (χ2v) is 3.77. The molecule has 0 aliphatic carbocycles. The van der Waals surface area contributed by atoms with Gasteiger partial charge in [-0.3, -0.25) is 0 Å². The number of ether oxygens (including phenoxy) is 1. The van der Waals surface area contributed by atoms with E-state index >= 15 is 0 Å². The van der Waals surface area contributed by atoms with Crippen molar-refractivity contribution in [3.8, 4) is 5.75 Å². The van der Waals surface area contributed by atoms with E-state index in [-0.39, 0.29) is 13.2 Å². The van der Waals surface area contributed by atoms with E-state index in [9.17, 15) is 4.79 Å². The van der Waals surface area contributed by atoms with Crippen LogP contribution in [0.5, 0.6) is 5.75 Å². The smallest absolute Gasteiger partial charge is 0.341 e. The van der Waals surface area contributed by atoms with Gasteiger partial charge in [-0.15, -0.1) is 0 Å². The van der Waals surface area contributed by atoms with Crippen LogP contribution in [0.3, 0.4) is 0 Å². The minimum Gasteiger partial charge on any atom is -0.481 e. The van der Waals surface area contributed by atoms with E-state index < -0.39 is 5.97 Å². The molecule has 0 atom stereocenters. The second-order valence-electron chi connectivity index (χ2n) is 2.61. The Hall–Kier alpha value is -0.820. The van der Waals surface area contributed by atoms with E-state index in [0.717, 1.165) is 9.13 Å². The molecule has 4 nitrogen and oxygen atoms in total. The summed E-state index contributed by atoms with van der Waals surface area (Å²) in [5.41, 5.74) is 0.775. The third-order valence-electron chi connectivity index (χ3n) is 1.53. The normalized spacial score (nSPS) is 9.86. The summed E-state index contributed by atoms with van der Waals surface area (Å²) in [7, 11) is 0. The zero-order chi connectivity index (χ0) is 10.6. The lowest BCUT2D eigenvalue weighted by molar-refractivity contribution is -0.139. The summed E-state index contributed by atoms with van der Waals surface area (Å²) < 4.78 is 5.80. The Labute approximate surface area is 94.7 Å². The van der Waals surface area contributed by atoms with Gasteiger partial charge in [-0.25, -0.2) is 4.79 Å². The fourth-order valence-corrected chi connectivity index (χ4v) is 1.63. The van der Waals surface area contributed by atoms with Crippen LogP contribution in [0.1, 0.15) is 5.56 Å². The molecule has 0 radical (unpaired) electrons. The molecule has 14 heavy (non-hydrogen) atoms. The maximum absolute atomic E-state index is 10.2.